The molecule has 0 aliphatic carbocycles. The Morgan fingerprint density at radius 1 is 1.33 bits per heavy atom. The molecule has 0 spiro atoms. The number of hydrogen-bond acceptors (Lipinski definition) is 8. The SMILES string of the molecule is CC(C)(C)OC(=O)N1[C@@H](C(=O)O)CS[C@H]1c1cc2c(cc1[N+](=O)[O-])OCO2. The zero-order chi connectivity index (χ0) is 19.9. The fourth-order valence-corrected chi connectivity index (χ4v) is 4.21. The third-order valence-corrected chi connectivity index (χ3v) is 5.18. The second-order valence-electron chi connectivity index (χ2n) is 6.95. The fourth-order valence-electron chi connectivity index (χ4n) is 2.78. The molecule has 2 aliphatic heterocycles. The van der Waals surface area contributed by atoms with Gasteiger partial charge in [-0.25, -0.2) is 9.59 Å². The molecule has 2 atom stereocenters. The van der Waals surface area contributed by atoms with Crippen LogP contribution in [0.25, 0.3) is 0 Å². The average Bonchev–Trinajstić information content (AvgIpc) is 3.17. The van der Waals surface area contributed by atoms with Crippen molar-refractivity contribution in [1.82, 2.24) is 4.90 Å². The van der Waals surface area contributed by atoms with Gasteiger partial charge in [0.15, 0.2) is 11.5 Å². The molecule has 0 radical (unpaired) electrons. The summed E-state index contributed by atoms with van der Waals surface area (Å²) in [5.41, 5.74) is -0.973. The average molecular weight is 398 g/mol. The zero-order valence-electron chi connectivity index (χ0n) is 14.8. The number of fused-ring (bicyclic) bond motifs is 1. The van der Waals surface area contributed by atoms with Crippen molar-refractivity contribution in [2.75, 3.05) is 12.5 Å². The number of carboxylic acids is 1. The number of carbonyl (C=O) groups excluding carboxylic acids is 1. The van der Waals surface area contributed by atoms with E-state index in [4.69, 9.17) is 14.2 Å². The van der Waals surface area contributed by atoms with E-state index < -0.39 is 34.0 Å². The Hall–Kier alpha value is -2.69. The number of thioether (sulfide) groups is 1. The highest BCUT2D eigenvalue weighted by atomic mass is 32.2. The normalized spacial score (nSPS) is 21.2. The fraction of sp³-hybridized carbons (Fsp3) is 0.500. The van der Waals surface area contributed by atoms with Crippen LogP contribution in [0.3, 0.4) is 0 Å². The highest BCUT2D eigenvalue weighted by molar-refractivity contribution is 7.99. The van der Waals surface area contributed by atoms with E-state index >= 15 is 0 Å². The molecule has 11 heteroatoms. The maximum Gasteiger partial charge on any atom is 0.412 e. The van der Waals surface area contributed by atoms with Crippen LogP contribution >= 0.6 is 11.8 Å². The van der Waals surface area contributed by atoms with E-state index in [1.54, 1.807) is 20.8 Å². The smallest absolute Gasteiger partial charge is 0.412 e. The summed E-state index contributed by atoms with van der Waals surface area (Å²) in [5.74, 6) is -0.601. The van der Waals surface area contributed by atoms with Gasteiger partial charge < -0.3 is 19.3 Å². The third kappa shape index (κ3) is 3.72. The predicted octanol–water partition coefficient (Wildman–Crippen LogP) is 2.76. The van der Waals surface area contributed by atoms with Gasteiger partial charge in [0.1, 0.15) is 17.0 Å². The Morgan fingerprint density at radius 2 is 1.96 bits per heavy atom. The number of rotatable bonds is 3. The topological polar surface area (TPSA) is 128 Å². The molecule has 27 heavy (non-hydrogen) atoms. The molecule has 1 amide bonds. The van der Waals surface area contributed by atoms with E-state index in [1.807, 2.05) is 0 Å². The summed E-state index contributed by atoms with van der Waals surface area (Å²) in [7, 11) is 0. The number of nitrogens with zero attached hydrogens (tertiary/aromatic N) is 2. The molecule has 146 valence electrons. The Kier molecular flexibility index (Phi) is 4.81. The number of benzene rings is 1. The predicted molar refractivity (Wildman–Crippen MR) is 93.9 cm³/mol. The molecule has 1 aromatic rings. The Bertz CT molecular complexity index is 806. The summed E-state index contributed by atoms with van der Waals surface area (Å²) in [6, 6.07) is 1.47. The molecule has 1 saturated heterocycles. The number of hydrogen-bond donors (Lipinski definition) is 1. The Balaban J connectivity index is 2.05. The largest absolute Gasteiger partial charge is 0.480 e. The second kappa shape index (κ2) is 6.80. The zero-order valence-corrected chi connectivity index (χ0v) is 15.6. The van der Waals surface area contributed by atoms with Gasteiger partial charge in [-0.3, -0.25) is 15.0 Å². The molecule has 2 aliphatic rings. The van der Waals surface area contributed by atoms with E-state index in [0.29, 0.717) is 5.75 Å². The lowest BCUT2D eigenvalue weighted by Crippen LogP contribution is -2.45. The number of carbonyl (C=O) groups is 2. The van der Waals surface area contributed by atoms with Gasteiger partial charge in [-0.15, -0.1) is 11.8 Å². The molecule has 1 N–H and O–H groups in total. The van der Waals surface area contributed by atoms with Crippen LogP contribution in [0.1, 0.15) is 31.7 Å². The first-order chi connectivity index (χ1) is 12.6. The van der Waals surface area contributed by atoms with E-state index in [2.05, 4.69) is 0 Å². The van der Waals surface area contributed by atoms with Gasteiger partial charge >= 0.3 is 12.1 Å². The third-order valence-electron chi connectivity index (χ3n) is 3.87. The van der Waals surface area contributed by atoms with Gasteiger partial charge in [0, 0.05) is 5.75 Å². The minimum Gasteiger partial charge on any atom is -0.480 e. The molecule has 2 heterocycles. The van der Waals surface area contributed by atoms with Crippen LogP contribution in [-0.4, -0.2) is 51.2 Å². The van der Waals surface area contributed by atoms with Crippen molar-refractivity contribution in [2.45, 2.75) is 37.8 Å². The first-order valence-electron chi connectivity index (χ1n) is 8.02. The van der Waals surface area contributed by atoms with Crippen molar-refractivity contribution in [3.05, 3.63) is 27.8 Å². The van der Waals surface area contributed by atoms with Gasteiger partial charge in [0.25, 0.3) is 5.69 Å². The minimum absolute atomic E-state index is 0.0682. The van der Waals surface area contributed by atoms with Gasteiger partial charge in [0.2, 0.25) is 6.79 Å². The first kappa shape index (κ1) is 19.1. The van der Waals surface area contributed by atoms with Crippen molar-refractivity contribution < 1.29 is 33.8 Å². The summed E-state index contributed by atoms with van der Waals surface area (Å²) in [6.07, 6.45) is -0.850. The van der Waals surface area contributed by atoms with Gasteiger partial charge in [-0.1, -0.05) is 0 Å². The molecule has 0 saturated carbocycles. The van der Waals surface area contributed by atoms with Gasteiger partial charge in [-0.05, 0) is 26.8 Å². The van der Waals surface area contributed by atoms with E-state index in [1.165, 1.54) is 12.1 Å². The molecular formula is C16H18N2O8S. The molecule has 0 unspecified atom stereocenters. The lowest BCUT2D eigenvalue weighted by atomic mass is 10.1. The summed E-state index contributed by atoms with van der Waals surface area (Å²) < 4.78 is 15.8. The molecule has 1 aromatic carbocycles. The number of nitro groups is 1. The van der Waals surface area contributed by atoms with Crippen molar-refractivity contribution in [3.8, 4) is 11.5 Å². The lowest BCUT2D eigenvalue weighted by molar-refractivity contribution is -0.385. The van der Waals surface area contributed by atoms with Gasteiger partial charge in [-0.2, -0.15) is 0 Å². The number of carboxylic acid groups (broad SMARTS) is 1. The van der Waals surface area contributed by atoms with Crippen molar-refractivity contribution in [2.24, 2.45) is 0 Å². The minimum atomic E-state index is -1.21. The summed E-state index contributed by atoms with van der Waals surface area (Å²) in [6.45, 7) is 4.90. The Morgan fingerprint density at radius 3 is 2.52 bits per heavy atom. The van der Waals surface area contributed by atoms with Crippen molar-refractivity contribution in [1.29, 1.82) is 0 Å². The monoisotopic (exact) mass is 398 g/mol. The first-order valence-corrected chi connectivity index (χ1v) is 9.07. The van der Waals surface area contributed by atoms with Crippen molar-refractivity contribution >= 4 is 29.5 Å². The summed E-state index contributed by atoms with van der Waals surface area (Å²) >= 11 is 1.11. The van der Waals surface area contributed by atoms with Crippen LogP contribution in [0.15, 0.2) is 12.1 Å². The van der Waals surface area contributed by atoms with Crippen LogP contribution in [0, 0.1) is 10.1 Å². The standard InChI is InChI=1S/C16H18N2O8S/c1-16(2,3)26-15(21)17-10(14(19)20)6-27-13(17)8-4-11-12(25-7-24-11)5-9(8)18(22)23/h4-5,10,13H,6-7H2,1-3H3,(H,19,20)/t10-,13+/m1/s1. The summed E-state index contributed by atoms with van der Waals surface area (Å²) in [4.78, 5) is 36.3. The molecule has 1 fully saturated rings. The lowest BCUT2D eigenvalue weighted by Gasteiger charge is -2.30. The second-order valence-corrected chi connectivity index (χ2v) is 8.06. The highest BCUT2D eigenvalue weighted by Gasteiger charge is 2.47. The van der Waals surface area contributed by atoms with Crippen molar-refractivity contribution in [3.63, 3.8) is 0 Å². The van der Waals surface area contributed by atoms with Gasteiger partial charge in [0.05, 0.1) is 16.6 Å². The number of aliphatic carboxylic acids is 1. The number of nitro benzene ring substituents is 1. The molecule has 10 nitrogen and oxygen atoms in total. The highest BCUT2D eigenvalue weighted by Crippen LogP contribution is 2.49. The van der Waals surface area contributed by atoms with Crippen LogP contribution in [0.5, 0.6) is 11.5 Å². The van der Waals surface area contributed by atoms with E-state index in [-0.39, 0.29) is 29.5 Å². The molecule has 0 bridgehead atoms. The quantitative estimate of drug-likeness (QED) is 0.603. The molecule has 0 aromatic heterocycles. The number of ether oxygens (including phenoxy) is 3. The van der Waals surface area contributed by atoms with Crippen LogP contribution < -0.4 is 9.47 Å². The Labute approximate surface area is 158 Å². The number of amides is 1. The van der Waals surface area contributed by atoms with E-state index in [0.717, 1.165) is 16.7 Å². The maximum absolute atomic E-state index is 12.7. The maximum atomic E-state index is 12.7. The van der Waals surface area contributed by atoms with E-state index in [9.17, 15) is 24.8 Å². The van der Waals surface area contributed by atoms with Crippen LogP contribution in [0.4, 0.5) is 10.5 Å². The molecular weight excluding hydrogens is 380 g/mol. The molecule has 3 rings (SSSR count). The van der Waals surface area contributed by atoms with Crippen LogP contribution in [0.2, 0.25) is 0 Å². The summed E-state index contributed by atoms with van der Waals surface area (Å²) in [5, 5.41) is 20.1. The van der Waals surface area contributed by atoms with Crippen LogP contribution in [-0.2, 0) is 9.53 Å².